The molecular weight excluding hydrogens is 322 g/mol. The minimum atomic E-state index is -0.0995. The number of benzene rings is 1. The summed E-state index contributed by atoms with van der Waals surface area (Å²) < 4.78 is 15.4. The lowest BCUT2D eigenvalue weighted by Gasteiger charge is -2.38. The number of nitrogens with zero attached hydrogens (tertiary/aromatic N) is 2. The third-order valence-corrected chi connectivity index (χ3v) is 4.09. The fourth-order valence-corrected chi connectivity index (χ4v) is 2.49. The molecule has 0 saturated carbocycles. The Morgan fingerprint density at radius 1 is 1.20 bits per heavy atom. The second-order valence-electron chi connectivity index (χ2n) is 6.35. The molecule has 0 radical (unpaired) electrons. The maximum absolute atomic E-state index is 12.3. The predicted octanol–water partition coefficient (Wildman–Crippen LogP) is 1.93. The number of aromatic nitrogens is 2. The van der Waals surface area contributed by atoms with Crippen LogP contribution in [0, 0.1) is 5.41 Å². The number of methoxy groups -OCH3 is 2. The third-order valence-electron chi connectivity index (χ3n) is 4.09. The van der Waals surface area contributed by atoms with E-state index in [0.717, 1.165) is 5.56 Å². The molecule has 7 heteroatoms. The fraction of sp³-hybridized carbons (Fsp3) is 0.389. The zero-order chi connectivity index (χ0) is 17.9. The number of rotatable bonds is 6. The van der Waals surface area contributed by atoms with Gasteiger partial charge in [0.15, 0.2) is 0 Å². The molecule has 0 atom stereocenters. The van der Waals surface area contributed by atoms with Crippen molar-refractivity contribution in [1.82, 2.24) is 15.3 Å². The van der Waals surface area contributed by atoms with E-state index in [-0.39, 0.29) is 17.3 Å². The first-order chi connectivity index (χ1) is 12.0. The zero-order valence-electron chi connectivity index (χ0n) is 14.5. The summed E-state index contributed by atoms with van der Waals surface area (Å²) >= 11 is 0. The van der Waals surface area contributed by atoms with E-state index in [2.05, 4.69) is 22.2 Å². The molecule has 2 heterocycles. The van der Waals surface area contributed by atoms with Crippen LogP contribution in [0.25, 0.3) is 11.3 Å². The Balaban J connectivity index is 1.72. The molecule has 1 aromatic heterocycles. The van der Waals surface area contributed by atoms with Crippen molar-refractivity contribution in [1.29, 1.82) is 0 Å². The number of carbonyl (C=O) groups excluding carboxylic acids is 1. The lowest BCUT2D eigenvalue weighted by atomic mass is 9.88. The summed E-state index contributed by atoms with van der Waals surface area (Å²) in [6.07, 6.45) is 0. The van der Waals surface area contributed by atoms with Gasteiger partial charge in [-0.2, -0.15) is 9.97 Å². The van der Waals surface area contributed by atoms with Gasteiger partial charge in [-0.15, -0.1) is 0 Å². The van der Waals surface area contributed by atoms with E-state index in [1.54, 1.807) is 18.2 Å². The molecule has 0 unspecified atom stereocenters. The van der Waals surface area contributed by atoms with Crippen LogP contribution in [0.3, 0.4) is 0 Å². The summed E-state index contributed by atoms with van der Waals surface area (Å²) in [5, 5.41) is 2.95. The largest absolute Gasteiger partial charge is 0.481 e. The molecule has 1 fully saturated rings. The van der Waals surface area contributed by atoms with E-state index in [1.165, 1.54) is 14.2 Å². The molecule has 0 aliphatic carbocycles. The maximum atomic E-state index is 12.3. The van der Waals surface area contributed by atoms with Crippen LogP contribution in [0.2, 0.25) is 0 Å². The summed E-state index contributed by atoms with van der Waals surface area (Å²) in [7, 11) is 3.03. The number of hydrogen-bond acceptors (Lipinski definition) is 6. The molecule has 132 valence electrons. The van der Waals surface area contributed by atoms with Gasteiger partial charge in [0, 0.05) is 29.2 Å². The smallest absolute Gasteiger partial charge is 0.320 e. The molecule has 7 nitrogen and oxygen atoms in total. The van der Waals surface area contributed by atoms with Gasteiger partial charge in [0.25, 0.3) is 5.91 Å². The van der Waals surface area contributed by atoms with Crippen molar-refractivity contribution in [3.05, 3.63) is 35.9 Å². The standard InChI is InChI=1S/C18H21N3O4/c1-18(10-25-11-18)9-19-16(22)13-6-4-12(5-7-13)14-8-15(23-2)21-17(20-14)24-3/h4-8H,9-11H2,1-3H3,(H,19,22). The molecule has 1 N–H and O–H groups in total. The fourth-order valence-electron chi connectivity index (χ4n) is 2.49. The molecule has 3 rings (SSSR count). The van der Waals surface area contributed by atoms with Crippen LogP contribution >= 0.6 is 0 Å². The summed E-state index contributed by atoms with van der Waals surface area (Å²) in [6, 6.07) is 9.16. The van der Waals surface area contributed by atoms with Crippen LogP contribution in [0.5, 0.6) is 11.9 Å². The first-order valence-electron chi connectivity index (χ1n) is 7.96. The van der Waals surface area contributed by atoms with Crippen molar-refractivity contribution in [2.45, 2.75) is 6.92 Å². The lowest BCUT2D eigenvalue weighted by Crippen LogP contribution is -2.48. The second kappa shape index (κ2) is 7.06. The topological polar surface area (TPSA) is 82.6 Å². The number of hydrogen-bond donors (Lipinski definition) is 1. The number of ether oxygens (including phenoxy) is 3. The van der Waals surface area contributed by atoms with Crippen molar-refractivity contribution in [2.75, 3.05) is 34.0 Å². The van der Waals surface area contributed by atoms with Crippen molar-refractivity contribution >= 4 is 5.91 Å². The van der Waals surface area contributed by atoms with Crippen molar-refractivity contribution in [3.63, 3.8) is 0 Å². The summed E-state index contributed by atoms with van der Waals surface area (Å²) in [6.45, 7) is 4.07. The van der Waals surface area contributed by atoms with Gasteiger partial charge in [-0.1, -0.05) is 19.1 Å². The molecule has 25 heavy (non-hydrogen) atoms. The highest BCUT2D eigenvalue weighted by molar-refractivity contribution is 5.94. The van der Waals surface area contributed by atoms with Gasteiger partial charge in [0.2, 0.25) is 5.88 Å². The molecule has 2 aromatic rings. The molecular formula is C18H21N3O4. The predicted molar refractivity (Wildman–Crippen MR) is 91.8 cm³/mol. The van der Waals surface area contributed by atoms with Crippen LogP contribution in [-0.2, 0) is 4.74 Å². The highest BCUT2D eigenvalue weighted by atomic mass is 16.5. The minimum Gasteiger partial charge on any atom is -0.481 e. The van der Waals surface area contributed by atoms with Crippen LogP contribution in [0.15, 0.2) is 30.3 Å². The van der Waals surface area contributed by atoms with E-state index in [1.807, 2.05) is 12.1 Å². The molecule has 1 amide bonds. The van der Waals surface area contributed by atoms with Gasteiger partial charge in [-0.05, 0) is 12.1 Å². The van der Waals surface area contributed by atoms with E-state index < -0.39 is 0 Å². The van der Waals surface area contributed by atoms with E-state index >= 15 is 0 Å². The Morgan fingerprint density at radius 3 is 2.48 bits per heavy atom. The Morgan fingerprint density at radius 2 is 1.92 bits per heavy atom. The van der Waals surface area contributed by atoms with Gasteiger partial charge in [0.1, 0.15) is 0 Å². The van der Waals surface area contributed by atoms with Gasteiger partial charge in [-0.25, -0.2) is 0 Å². The summed E-state index contributed by atoms with van der Waals surface area (Å²) in [5.74, 6) is 0.317. The van der Waals surface area contributed by atoms with Gasteiger partial charge in [-0.3, -0.25) is 4.79 Å². The summed E-state index contributed by atoms with van der Waals surface area (Å²) in [5.41, 5.74) is 2.15. The van der Waals surface area contributed by atoms with E-state index in [4.69, 9.17) is 14.2 Å². The van der Waals surface area contributed by atoms with E-state index in [9.17, 15) is 4.79 Å². The van der Waals surface area contributed by atoms with E-state index in [0.29, 0.717) is 36.9 Å². The van der Waals surface area contributed by atoms with Gasteiger partial charge >= 0.3 is 6.01 Å². The lowest BCUT2D eigenvalue weighted by molar-refractivity contribution is -0.0978. The highest BCUT2D eigenvalue weighted by Crippen LogP contribution is 2.26. The zero-order valence-corrected chi connectivity index (χ0v) is 14.5. The molecule has 0 spiro atoms. The quantitative estimate of drug-likeness (QED) is 0.863. The van der Waals surface area contributed by atoms with Gasteiger partial charge in [0.05, 0.1) is 33.1 Å². The maximum Gasteiger partial charge on any atom is 0.320 e. The molecule has 1 aliphatic heterocycles. The Kier molecular flexibility index (Phi) is 4.85. The van der Waals surface area contributed by atoms with Crippen molar-refractivity contribution in [3.8, 4) is 23.1 Å². The van der Waals surface area contributed by atoms with Crippen LogP contribution < -0.4 is 14.8 Å². The Bertz CT molecular complexity index is 735. The Hall–Kier alpha value is -2.67. The monoisotopic (exact) mass is 343 g/mol. The SMILES string of the molecule is COc1cc(-c2ccc(C(=O)NCC3(C)COC3)cc2)nc(OC)n1. The highest BCUT2D eigenvalue weighted by Gasteiger charge is 2.33. The summed E-state index contributed by atoms with van der Waals surface area (Å²) in [4.78, 5) is 20.6. The van der Waals surface area contributed by atoms with Crippen LogP contribution in [-0.4, -0.2) is 49.9 Å². The average molecular weight is 343 g/mol. The van der Waals surface area contributed by atoms with Crippen molar-refractivity contribution < 1.29 is 19.0 Å². The number of amides is 1. The third kappa shape index (κ3) is 3.88. The molecule has 1 aromatic carbocycles. The second-order valence-corrected chi connectivity index (χ2v) is 6.35. The molecule has 0 bridgehead atoms. The number of nitrogens with one attached hydrogen (secondary N) is 1. The van der Waals surface area contributed by atoms with Crippen LogP contribution in [0.1, 0.15) is 17.3 Å². The molecule has 1 saturated heterocycles. The first kappa shape index (κ1) is 17.2. The van der Waals surface area contributed by atoms with Crippen molar-refractivity contribution in [2.24, 2.45) is 5.41 Å². The normalized spacial score (nSPS) is 15.2. The minimum absolute atomic E-state index is 0.0453. The first-order valence-corrected chi connectivity index (χ1v) is 7.96. The van der Waals surface area contributed by atoms with Crippen LogP contribution in [0.4, 0.5) is 0 Å². The molecule has 1 aliphatic rings. The van der Waals surface area contributed by atoms with Gasteiger partial charge < -0.3 is 19.5 Å². The average Bonchev–Trinajstić information content (AvgIpc) is 2.64. The number of carbonyl (C=O) groups is 1. The Labute approximate surface area is 146 Å².